The molecule has 0 unspecified atom stereocenters. The summed E-state index contributed by atoms with van der Waals surface area (Å²) in [6, 6.07) is 13.4. The minimum atomic E-state index is -0.852. The van der Waals surface area contributed by atoms with Gasteiger partial charge in [-0.15, -0.1) is 0 Å². The number of aromatic carboxylic acids is 1. The van der Waals surface area contributed by atoms with Gasteiger partial charge >= 0.3 is 5.97 Å². The molecular formula is C20H20BrNO2. The molecule has 0 spiro atoms. The summed E-state index contributed by atoms with van der Waals surface area (Å²) in [5.74, 6) is -0.475. The molecule has 3 nitrogen and oxygen atoms in total. The van der Waals surface area contributed by atoms with Crippen molar-refractivity contribution >= 4 is 33.8 Å². The average Bonchev–Trinajstić information content (AvgIpc) is 2.62. The smallest absolute Gasteiger partial charge is 0.335 e. The highest BCUT2D eigenvalue weighted by molar-refractivity contribution is 9.10. The number of carboxylic acid groups (broad SMARTS) is 1. The number of carbonyl (C=O) groups is 1. The third-order valence-corrected chi connectivity index (χ3v) is 5.07. The predicted molar refractivity (Wildman–Crippen MR) is 101 cm³/mol. The molecule has 0 radical (unpaired) electrons. The van der Waals surface area contributed by atoms with Crippen molar-refractivity contribution in [1.82, 2.24) is 0 Å². The highest BCUT2D eigenvalue weighted by Gasteiger charge is 2.21. The second-order valence-electron chi connectivity index (χ2n) is 6.22. The van der Waals surface area contributed by atoms with E-state index in [-0.39, 0.29) is 0 Å². The largest absolute Gasteiger partial charge is 0.478 e. The molecule has 0 aliphatic heterocycles. The summed E-state index contributed by atoms with van der Waals surface area (Å²) in [5, 5.41) is 9.59. The van der Waals surface area contributed by atoms with Crippen LogP contribution in [0.15, 0.2) is 51.9 Å². The van der Waals surface area contributed by atoms with E-state index in [1.54, 1.807) is 12.3 Å². The number of rotatable bonds is 4. The number of benzene rings is 2. The molecule has 3 rings (SSSR count). The van der Waals surface area contributed by atoms with Crippen molar-refractivity contribution in [3.8, 4) is 0 Å². The Morgan fingerprint density at radius 1 is 1.08 bits per heavy atom. The maximum Gasteiger partial charge on any atom is 0.335 e. The van der Waals surface area contributed by atoms with E-state index in [0.717, 1.165) is 34.1 Å². The molecule has 2 aromatic rings. The van der Waals surface area contributed by atoms with E-state index in [1.165, 1.54) is 19.3 Å². The maximum atomic E-state index is 11.7. The van der Waals surface area contributed by atoms with Crippen LogP contribution < -0.4 is 0 Å². The summed E-state index contributed by atoms with van der Waals surface area (Å²) < 4.78 is 1.01. The first-order valence-electron chi connectivity index (χ1n) is 8.30. The van der Waals surface area contributed by atoms with Crippen molar-refractivity contribution < 1.29 is 9.90 Å². The number of halogens is 1. The van der Waals surface area contributed by atoms with E-state index in [0.29, 0.717) is 11.5 Å². The second kappa shape index (κ2) is 7.75. The molecule has 2 aromatic carbocycles. The molecule has 1 fully saturated rings. The van der Waals surface area contributed by atoms with E-state index < -0.39 is 5.97 Å². The summed E-state index contributed by atoms with van der Waals surface area (Å²) >= 11 is 3.40. The summed E-state index contributed by atoms with van der Waals surface area (Å²) in [7, 11) is 0. The fourth-order valence-corrected chi connectivity index (χ4v) is 3.55. The first-order chi connectivity index (χ1) is 11.6. The van der Waals surface area contributed by atoms with Gasteiger partial charge in [-0.05, 0) is 60.2 Å². The van der Waals surface area contributed by atoms with Gasteiger partial charge in [0, 0.05) is 10.7 Å². The molecule has 1 N–H and O–H groups in total. The molecule has 0 heterocycles. The van der Waals surface area contributed by atoms with Gasteiger partial charge in [-0.25, -0.2) is 4.79 Å². The van der Waals surface area contributed by atoms with Gasteiger partial charge in [-0.1, -0.05) is 47.3 Å². The fourth-order valence-electron chi connectivity index (χ4n) is 3.29. The van der Waals surface area contributed by atoms with Crippen LogP contribution in [0.2, 0.25) is 0 Å². The molecule has 0 bridgehead atoms. The fraction of sp³-hybridized carbons (Fsp3) is 0.300. The van der Waals surface area contributed by atoms with Gasteiger partial charge in [0.05, 0.1) is 11.3 Å². The lowest BCUT2D eigenvalue weighted by Gasteiger charge is -2.23. The Bertz CT molecular complexity index is 747. The van der Waals surface area contributed by atoms with Crippen molar-refractivity contribution in [3.05, 3.63) is 63.6 Å². The van der Waals surface area contributed by atoms with Gasteiger partial charge in [0.25, 0.3) is 0 Å². The van der Waals surface area contributed by atoms with Gasteiger partial charge in [-0.2, -0.15) is 0 Å². The van der Waals surface area contributed by atoms with Crippen LogP contribution in [0, 0.1) is 0 Å². The van der Waals surface area contributed by atoms with E-state index >= 15 is 0 Å². The van der Waals surface area contributed by atoms with Gasteiger partial charge in [0.15, 0.2) is 0 Å². The molecule has 0 amide bonds. The molecule has 124 valence electrons. The Morgan fingerprint density at radius 3 is 2.46 bits per heavy atom. The average molecular weight is 386 g/mol. The van der Waals surface area contributed by atoms with Crippen molar-refractivity contribution in [3.63, 3.8) is 0 Å². The Hall–Kier alpha value is -1.94. The van der Waals surface area contributed by atoms with Gasteiger partial charge < -0.3 is 5.11 Å². The lowest BCUT2D eigenvalue weighted by molar-refractivity contribution is 0.0694. The molecule has 0 saturated heterocycles. The first kappa shape index (κ1) is 16.9. The van der Waals surface area contributed by atoms with Crippen LogP contribution in [0.5, 0.6) is 0 Å². The number of nitrogens with zero attached hydrogens (tertiary/aromatic N) is 1. The minimum Gasteiger partial charge on any atom is -0.478 e. The zero-order valence-electron chi connectivity index (χ0n) is 13.4. The highest BCUT2D eigenvalue weighted by Crippen LogP contribution is 2.34. The summed E-state index contributed by atoms with van der Waals surface area (Å²) in [6.07, 6.45) is 7.55. The Morgan fingerprint density at radius 2 is 1.79 bits per heavy atom. The van der Waals surface area contributed by atoms with Crippen LogP contribution in [-0.2, 0) is 0 Å². The first-order valence-corrected chi connectivity index (χ1v) is 9.09. The van der Waals surface area contributed by atoms with Crippen LogP contribution in [-0.4, -0.2) is 17.3 Å². The molecule has 24 heavy (non-hydrogen) atoms. The number of hydrogen-bond donors (Lipinski definition) is 1. The molecule has 0 aromatic heterocycles. The zero-order valence-corrected chi connectivity index (χ0v) is 15.0. The van der Waals surface area contributed by atoms with Crippen LogP contribution in [0.4, 0.5) is 5.69 Å². The number of aliphatic imine (C=N–C) groups is 1. The predicted octanol–water partition coefficient (Wildman–Crippen LogP) is 5.95. The molecule has 4 heteroatoms. The van der Waals surface area contributed by atoms with Crippen LogP contribution in [0.25, 0.3) is 0 Å². The van der Waals surface area contributed by atoms with Crippen molar-refractivity contribution in [2.24, 2.45) is 4.99 Å². The Labute approximate surface area is 150 Å². The Kier molecular flexibility index (Phi) is 5.46. The van der Waals surface area contributed by atoms with E-state index in [2.05, 4.69) is 20.9 Å². The Balaban J connectivity index is 1.85. The molecule has 1 aliphatic carbocycles. The number of carboxylic acids is 1. The lowest BCUT2D eigenvalue weighted by Crippen LogP contribution is -2.11. The van der Waals surface area contributed by atoms with Gasteiger partial charge in [0.2, 0.25) is 0 Å². The quantitative estimate of drug-likeness (QED) is 0.661. The lowest BCUT2D eigenvalue weighted by atomic mass is 9.81. The van der Waals surface area contributed by atoms with E-state index in [4.69, 9.17) is 0 Å². The summed E-state index contributed by atoms with van der Waals surface area (Å²) in [4.78, 5) is 16.1. The molecule has 1 aliphatic rings. The van der Waals surface area contributed by atoms with Crippen molar-refractivity contribution in [2.45, 2.75) is 38.0 Å². The normalized spacial score (nSPS) is 15.7. The van der Waals surface area contributed by atoms with Gasteiger partial charge in [0.1, 0.15) is 0 Å². The zero-order chi connectivity index (χ0) is 16.9. The van der Waals surface area contributed by atoms with Crippen molar-refractivity contribution in [2.75, 3.05) is 0 Å². The van der Waals surface area contributed by atoms with E-state index in [9.17, 15) is 9.90 Å². The van der Waals surface area contributed by atoms with Crippen molar-refractivity contribution in [1.29, 1.82) is 0 Å². The minimum absolute atomic E-state index is 0.377. The van der Waals surface area contributed by atoms with Gasteiger partial charge in [-0.3, -0.25) is 4.99 Å². The molecule has 0 atom stereocenters. The highest BCUT2D eigenvalue weighted by atomic mass is 79.9. The monoisotopic (exact) mass is 385 g/mol. The van der Waals surface area contributed by atoms with Crippen LogP contribution >= 0.6 is 15.9 Å². The second-order valence-corrected chi connectivity index (χ2v) is 7.14. The third-order valence-electron chi connectivity index (χ3n) is 4.54. The topological polar surface area (TPSA) is 49.7 Å². The summed E-state index contributed by atoms with van der Waals surface area (Å²) in [6.45, 7) is 0. The van der Waals surface area contributed by atoms with E-state index in [1.807, 2.05) is 36.4 Å². The maximum absolute atomic E-state index is 11.7. The third kappa shape index (κ3) is 4.12. The van der Waals surface area contributed by atoms with Crippen LogP contribution in [0.3, 0.4) is 0 Å². The number of hydrogen-bond acceptors (Lipinski definition) is 2. The standard InChI is InChI=1S/C20H20BrNO2/c21-16-7-9-17(10-8-16)22-13-14-6-11-18(19(12-14)20(23)24)15-4-2-1-3-5-15/h6-13,15H,1-5H2,(H,23,24). The molecular weight excluding hydrogens is 366 g/mol. The summed E-state index contributed by atoms with van der Waals surface area (Å²) in [5.41, 5.74) is 3.05. The van der Waals surface area contributed by atoms with Crippen LogP contribution in [0.1, 0.15) is 59.5 Å². The SMILES string of the molecule is O=C(O)c1cc(C=Nc2ccc(Br)cc2)ccc1C1CCCCC1. The molecule has 1 saturated carbocycles.